The Bertz CT molecular complexity index is 693. The Labute approximate surface area is 140 Å². The molecule has 5 heteroatoms. The van der Waals surface area contributed by atoms with Gasteiger partial charge in [-0.1, -0.05) is 24.4 Å². The van der Waals surface area contributed by atoms with E-state index in [0.717, 1.165) is 31.2 Å². The minimum Gasteiger partial charge on any atom is -0.332 e. The van der Waals surface area contributed by atoms with Crippen LogP contribution in [-0.2, 0) is 0 Å². The molecule has 0 spiro atoms. The first kappa shape index (κ1) is 15.9. The van der Waals surface area contributed by atoms with Gasteiger partial charge in [0.2, 0.25) is 0 Å². The van der Waals surface area contributed by atoms with E-state index < -0.39 is 5.82 Å². The number of benzene rings is 1. The maximum absolute atomic E-state index is 13.2. The fraction of sp³-hybridized carbons (Fsp3) is 0.333. The van der Waals surface area contributed by atoms with E-state index in [1.54, 1.807) is 12.4 Å². The predicted octanol–water partition coefficient (Wildman–Crippen LogP) is 4.63. The van der Waals surface area contributed by atoms with Crippen LogP contribution in [0, 0.1) is 5.82 Å². The molecule has 2 heterocycles. The lowest BCUT2D eigenvalue weighted by Crippen LogP contribution is -2.35. The van der Waals surface area contributed by atoms with Crippen LogP contribution in [0.25, 0.3) is 0 Å². The highest BCUT2D eigenvalue weighted by Crippen LogP contribution is 2.32. The van der Waals surface area contributed by atoms with E-state index in [1.165, 1.54) is 18.2 Å². The van der Waals surface area contributed by atoms with Crippen LogP contribution < -0.4 is 0 Å². The van der Waals surface area contributed by atoms with Crippen molar-refractivity contribution in [2.45, 2.75) is 31.7 Å². The van der Waals surface area contributed by atoms with Gasteiger partial charge in [-0.2, -0.15) is 0 Å². The van der Waals surface area contributed by atoms with Gasteiger partial charge >= 0.3 is 0 Å². The van der Waals surface area contributed by atoms with Crippen molar-refractivity contribution in [3.63, 3.8) is 0 Å². The highest BCUT2D eigenvalue weighted by molar-refractivity contribution is 6.33. The molecule has 1 fully saturated rings. The first-order valence-corrected chi connectivity index (χ1v) is 8.20. The number of rotatable bonds is 2. The van der Waals surface area contributed by atoms with Gasteiger partial charge in [0.25, 0.3) is 5.91 Å². The highest BCUT2D eigenvalue weighted by atomic mass is 35.5. The van der Waals surface area contributed by atoms with Crippen molar-refractivity contribution in [2.24, 2.45) is 0 Å². The molecule has 0 radical (unpaired) electrons. The average Bonchev–Trinajstić information content (AvgIpc) is 2.81. The van der Waals surface area contributed by atoms with Crippen molar-refractivity contribution >= 4 is 17.5 Å². The van der Waals surface area contributed by atoms with Crippen LogP contribution >= 0.6 is 11.6 Å². The predicted molar refractivity (Wildman–Crippen MR) is 87.9 cm³/mol. The van der Waals surface area contributed by atoms with E-state index in [1.807, 2.05) is 17.0 Å². The normalized spacial score (nSPS) is 18.5. The summed E-state index contributed by atoms with van der Waals surface area (Å²) in [6.07, 6.45) is 7.54. The van der Waals surface area contributed by atoms with Crippen molar-refractivity contribution in [1.29, 1.82) is 0 Å². The van der Waals surface area contributed by atoms with Gasteiger partial charge in [0.15, 0.2) is 0 Å². The number of nitrogens with zero attached hydrogens (tertiary/aromatic N) is 2. The first-order chi connectivity index (χ1) is 11.2. The topological polar surface area (TPSA) is 33.2 Å². The van der Waals surface area contributed by atoms with Crippen LogP contribution in [0.3, 0.4) is 0 Å². The molecule has 1 aliphatic rings. The molecular formula is C18H18ClFN2O. The maximum Gasteiger partial charge on any atom is 0.255 e. The lowest BCUT2D eigenvalue weighted by molar-refractivity contribution is 0.0681. The molecule has 1 aromatic carbocycles. The quantitative estimate of drug-likeness (QED) is 0.803. The van der Waals surface area contributed by atoms with E-state index in [4.69, 9.17) is 11.6 Å². The molecule has 1 aliphatic heterocycles. The van der Waals surface area contributed by atoms with E-state index in [-0.39, 0.29) is 17.0 Å². The van der Waals surface area contributed by atoms with Gasteiger partial charge in [0, 0.05) is 18.9 Å². The van der Waals surface area contributed by atoms with Gasteiger partial charge in [-0.3, -0.25) is 9.78 Å². The molecule has 0 N–H and O–H groups in total. The molecular weight excluding hydrogens is 315 g/mol. The number of carbonyl (C=O) groups excluding carboxylic acids is 1. The van der Waals surface area contributed by atoms with Crippen LogP contribution in [0.4, 0.5) is 4.39 Å². The smallest absolute Gasteiger partial charge is 0.255 e. The summed E-state index contributed by atoms with van der Waals surface area (Å²) in [6, 6.07) is 7.83. The molecule has 1 amide bonds. The second kappa shape index (κ2) is 7.09. The Morgan fingerprint density at radius 1 is 1.17 bits per heavy atom. The summed E-state index contributed by atoms with van der Waals surface area (Å²) in [7, 11) is 0. The lowest BCUT2D eigenvalue weighted by atomic mass is 10.0. The average molecular weight is 333 g/mol. The second-order valence-electron chi connectivity index (χ2n) is 5.77. The number of halogens is 2. The third kappa shape index (κ3) is 3.53. The Kier molecular flexibility index (Phi) is 4.91. The van der Waals surface area contributed by atoms with Crippen molar-refractivity contribution in [3.05, 3.63) is 64.7 Å². The Morgan fingerprint density at radius 2 is 1.96 bits per heavy atom. The monoisotopic (exact) mass is 332 g/mol. The molecule has 120 valence electrons. The molecule has 1 saturated heterocycles. The summed E-state index contributed by atoms with van der Waals surface area (Å²) in [5.41, 5.74) is 1.43. The summed E-state index contributed by atoms with van der Waals surface area (Å²) in [5, 5.41) is 0.160. The molecule has 0 saturated carbocycles. The number of amides is 1. The highest BCUT2D eigenvalue weighted by Gasteiger charge is 2.28. The van der Waals surface area contributed by atoms with Crippen LogP contribution in [0.15, 0.2) is 42.7 Å². The largest absolute Gasteiger partial charge is 0.332 e. The zero-order valence-electron chi connectivity index (χ0n) is 12.7. The van der Waals surface area contributed by atoms with Crippen LogP contribution in [0.1, 0.15) is 47.6 Å². The van der Waals surface area contributed by atoms with Gasteiger partial charge < -0.3 is 4.90 Å². The van der Waals surface area contributed by atoms with E-state index in [0.29, 0.717) is 12.1 Å². The summed E-state index contributed by atoms with van der Waals surface area (Å²) < 4.78 is 13.2. The molecule has 3 rings (SSSR count). The van der Waals surface area contributed by atoms with Crippen molar-refractivity contribution in [3.8, 4) is 0 Å². The number of carbonyl (C=O) groups is 1. The van der Waals surface area contributed by atoms with Gasteiger partial charge in [0.05, 0.1) is 16.6 Å². The van der Waals surface area contributed by atoms with Crippen LogP contribution in [0.2, 0.25) is 5.02 Å². The second-order valence-corrected chi connectivity index (χ2v) is 6.18. The molecule has 3 nitrogen and oxygen atoms in total. The molecule has 1 atom stereocenters. The number of likely N-dealkylation sites (tertiary alicyclic amines) is 1. The molecule has 1 unspecified atom stereocenters. The Hall–Kier alpha value is -1.94. The van der Waals surface area contributed by atoms with Gasteiger partial charge in [-0.25, -0.2) is 4.39 Å². The maximum atomic E-state index is 13.2. The fourth-order valence-electron chi connectivity index (χ4n) is 3.10. The minimum absolute atomic E-state index is 0.00844. The molecule has 0 aliphatic carbocycles. The third-order valence-corrected chi connectivity index (χ3v) is 4.58. The van der Waals surface area contributed by atoms with Crippen molar-refractivity contribution in [2.75, 3.05) is 6.54 Å². The van der Waals surface area contributed by atoms with E-state index in [9.17, 15) is 9.18 Å². The van der Waals surface area contributed by atoms with E-state index >= 15 is 0 Å². The van der Waals surface area contributed by atoms with E-state index in [2.05, 4.69) is 4.98 Å². The van der Waals surface area contributed by atoms with Crippen molar-refractivity contribution < 1.29 is 9.18 Å². The summed E-state index contributed by atoms with van der Waals surface area (Å²) in [5.74, 6) is -0.577. The Morgan fingerprint density at radius 3 is 2.70 bits per heavy atom. The number of hydrogen-bond donors (Lipinski definition) is 0. The molecule has 2 aromatic rings. The fourth-order valence-corrected chi connectivity index (χ4v) is 3.35. The third-order valence-electron chi connectivity index (χ3n) is 4.27. The van der Waals surface area contributed by atoms with Crippen LogP contribution in [-0.4, -0.2) is 22.3 Å². The van der Waals surface area contributed by atoms with Gasteiger partial charge in [-0.15, -0.1) is 0 Å². The summed E-state index contributed by atoms with van der Waals surface area (Å²) >= 11 is 6.08. The Balaban J connectivity index is 1.94. The minimum atomic E-state index is -0.437. The SMILES string of the molecule is O=C(c1ccc(F)cc1Cl)N1CCCCCC1c1ccncc1. The number of pyridine rings is 1. The number of hydrogen-bond acceptors (Lipinski definition) is 2. The molecule has 1 aromatic heterocycles. The van der Waals surface area contributed by atoms with Crippen molar-refractivity contribution in [1.82, 2.24) is 9.88 Å². The molecule has 0 bridgehead atoms. The standard InChI is InChI=1S/C18H18ClFN2O/c19-16-12-14(20)5-6-15(16)18(23)22-11-3-1-2-4-17(22)13-7-9-21-10-8-13/h5-10,12,17H,1-4,11H2. The summed E-state index contributed by atoms with van der Waals surface area (Å²) in [4.78, 5) is 18.9. The number of aromatic nitrogens is 1. The van der Waals surface area contributed by atoms with Gasteiger partial charge in [-0.05, 0) is 48.7 Å². The zero-order valence-corrected chi connectivity index (χ0v) is 13.5. The summed E-state index contributed by atoms with van der Waals surface area (Å²) in [6.45, 7) is 0.680. The van der Waals surface area contributed by atoms with Crippen LogP contribution in [0.5, 0.6) is 0 Å². The first-order valence-electron chi connectivity index (χ1n) is 7.83. The molecule has 23 heavy (non-hydrogen) atoms. The zero-order chi connectivity index (χ0) is 16.2. The lowest BCUT2D eigenvalue weighted by Gasteiger charge is -2.30. The van der Waals surface area contributed by atoms with Gasteiger partial charge in [0.1, 0.15) is 5.82 Å².